The molecule has 0 aliphatic carbocycles. The van der Waals surface area contributed by atoms with Gasteiger partial charge in [-0.2, -0.15) is 5.10 Å². The number of nitrogens with one attached hydrogen (secondary N) is 1. The highest BCUT2D eigenvalue weighted by atomic mass is 16.5. The summed E-state index contributed by atoms with van der Waals surface area (Å²) in [5, 5.41) is 7.02. The van der Waals surface area contributed by atoms with Crippen molar-refractivity contribution in [2.75, 3.05) is 33.4 Å². The third-order valence-electron chi connectivity index (χ3n) is 4.45. The fourth-order valence-corrected chi connectivity index (χ4v) is 3.12. The first-order valence-corrected chi connectivity index (χ1v) is 8.70. The molecule has 1 N–H and O–H groups in total. The highest BCUT2D eigenvalue weighted by molar-refractivity contribution is 5.88. The van der Waals surface area contributed by atoms with Crippen molar-refractivity contribution in [1.29, 1.82) is 0 Å². The zero-order chi connectivity index (χ0) is 18.4. The third kappa shape index (κ3) is 5.27. The Morgan fingerprint density at radius 3 is 2.88 bits per heavy atom. The summed E-state index contributed by atoms with van der Waals surface area (Å²) in [6.07, 6.45) is 3.82. The molecule has 25 heavy (non-hydrogen) atoms. The lowest BCUT2D eigenvalue weighted by molar-refractivity contribution is -0.140. The number of nitrogens with zero attached hydrogens (tertiary/aromatic N) is 4. The topological polar surface area (TPSA) is 79.7 Å². The molecule has 0 bridgehead atoms. The molecule has 140 valence electrons. The van der Waals surface area contributed by atoms with Crippen LogP contribution >= 0.6 is 0 Å². The molecular weight excluding hydrogens is 322 g/mol. The average molecular weight is 351 g/mol. The number of carbonyl (C=O) groups excluding carboxylic acids is 2. The van der Waals surface area contributed by atoms with E-state index in [2.05, 4.69) is 29.2 Å². The van der Waals surface area contributed by atoms with E-state index in [1.807, 2.05) is 13.2 Å². The monoisotopic (exact) mass is 351 g/mol. The van der Waals surface area contributed by atoms with E-state index in [9.17, 15) is 9.59 Å². The molecule has 0 unspecified atom stereocenters. The largest absolute Gasteiger partial charge is 0.383 e. The Kier molecular flexibility index (Phi) is 6.95. The molecule has 2 heterocycles. The van der Waals surface area contributed by atoms with Gasteiger partial charge in [0, 0.05) is 58.1 Å². The second-order valence-corrected chi connectivity index (χ2v) is 6.67. The quantitative estimate of drug-likeness (QED) is 0.713. The highest BCUT2D eigenvalue weighted by Crippen LogP contribution is 2.15. The van der Waals surface area contributed by atoms with Crippen molar-refractivity contribution >= 4 is 11.8 Å². The molecular formula is C17H29N5O3. The molecule has 1 aliphatic rings. The number of hydrogen-bond donors (Lipinski definition) is 1. The van der Waals surface area contributed by atoms with Gasteiger partial charge in [0.15, 0.2) is 0 Å². The van der Waals surface area contributed by atoms with Crippen LogP contribution in [0.3, 0.4) is 0 Å². The Labute approximate surface area is 149 Å². The minimum atomic E-state index is -0.416. The summed E-state index contributed by atoms with van der Waals surface area (Å²) in [7, 11) is 3.46. The molecule has 1 saturated heterocycles. The van der Waals surface area contributed by atoms with Gasteiger partial charge in [-0.25, -0.2) is 0 Å². The first kappa shape index (κ1) is 19.4. The van der Waals surface area contributed by atoms with E-state index in [0.29, 0.717) is 26.2 Å². The van der Waals surface area contributed by atoms with Gasteiger partial charge in [0.05, 0.1) is 25.3 Å². The van der Waals surface area contributed by atoms with Gasteiger partial charge in [-0.3, -0.25) is 19.2 Å². The smallest absolute Gasteiger partial charge is 0.237 e. The maximum absolute atomic E-state index is 12.9. The van der Waals surface area contributed by atoms with Crippen molar-refractivity contribution in [2.45, 2.75) is 38.9 Å². The molecule has 1 fully saturated rings. The van der Waals surface area contributed by atoms with E-state index in [-0.39, 0.29) is 24.3 Å². The minimum Gasteiger partial charge on any atom is -0.383 e. The lowest BCUT2D eigenvalue weighted by Gasteiger charge is -2.38. The zero-order valence-corrected chi connectivity index (χ0v) is 15.6. The lowest BCUT2D eigenvalue weighted by atomic mass is 10.1. The number of piperazine rings is 1. The van der Waals surface area contributed by atoms with Crippen LogP contribution in [-0.2, 0) is 27.9 Å². The first-order valence-electron chi connectivity index (χ1n) is 8.70. The Hall–Kier alpha value is -1.93. The van der Waals surface area contributed by atoms with Crippen LogP contribution in [0.4, 0.5) is 0 Å². The minimum absolute atomic E-state index is 0.0476. The fraction of sp³-hybridized carbons (Fsp3) is 0.706. The molecule has 1 aliphatic heterocycles. The summed E-state index contributed by atoms with van der Waals surface area (Å²) in [4.78, 5) is 29.0. The van der Waals surface area contributed by atoms with Crippen molar-refractivity contribution in [3.63, 3.8) is 0 Å². The predicted molar refractivity (Wildman–Crippen MR) is 93.8 cm³/mol. The number of methoxy groups -OCH3 is 1. The van der Waals surface area contributed by atoms with Gasteiger partial charge < -0.3 is 15.0 Å². The molecule has 0 spiro atoms. The van der Waals surface area contributed by atoms with Crippen molar-refractivity contribution in [2.24, 2.45) is 7.05 Å². The molecule has 8 heteroatoms. The SMILES string of the molecule is COCCN(Cc1cnn(C)c1)C(=O)C[C@@H]1C(=O)NCCN1C(C)C. The number of hydrogen-bond acceptors (Lipinski definition) is 5. The normalized spacial score (nSPS) is 18.4. The number of aromatic nitrogens is 2. The maximum Gasteiger partial charge on any atom is 0.237 e. The predicted octanol–water partition coefficient (Wildman–Crippen LogP) is -0.00600. The number of ether oxygens (including phenoxy) is 1. The Bertz CT molecular complexity index is 587. The molecule has 2 rings (SSSR count). The van der Waals surface area contributed by atoms with Crippen LogP contribution in [0.1, 0.15) is 25.8 Å². The molecule has 1 aromatic heterocycles. The van der Waals surface area contributed by atoms with Crippen LogP contribution in [-0.4, -0.2) is 76.8 Å². The van der Waals surface area contributed by atoms with Crippen molar-refractivity contribution in [3.05, 3.63) is 18.0 Å². The number of aryl methyl sites for hydroxylation is 1. The lowest BCUT2D eigenvalue weighted by Crippen LogP contribution is -2.58. The summed E-state index contributed by atoms with van der Waals surface area (Å²) in [6.45, 7) is 6.90. The fourth-order valence-electron chi connectivity index (χ4n) is 3.12. The number of amides is 2. The summed E-state index contributed by atoms with van der Waals surface area (Å²) in [5.74, 6) is -0.116. The van der Waals surface area contributed by atoms with E-state index in [1.54, 1.807) is 22.9 Å². The number of rotatable bonds is 8. The van der Waals surface area contributed by atoms with Gasteiger partial charge in [0.1, 0.15) is 0 Å². The van der Waals surface area contributed by atoms with Crippen LogP contribution in [0.25, 0.3) is 0 Å². The number of carbonyl (C=O) groups is 2. The highest BCUT2D eigenvalue weighted by Gasteiger charge is 2.34. The van der Waals surface area contributed by atoms with E-state index in [4.69, 9.17) is 4.74 Å². The van der Waals surface area contributed by atoms with Gasteiger partial charge in [0.2, 0.25) is 11.8 Å². The van der Waals surface area contributed by atoms with Gasteiger partial charge in [-0.1, -0.05) is 0 Å². The second kappa shape index (κ2) is 8.96. The van der Waals surface area contributed by atoms with Crippen molar-refractivity contribution in [3.8, 4) is 0 Å². The Morgan fingerprint density at radius 2 is 2.28 bits per heavy atom. The molecule has 1 aromatic rings. The summed E-state index contributed by atoms with van der Waals surface area (Å²) in [6, 6.07) is -0.199. The van der Waals surface area contributed by atoms with Gasteiger partial charge in [-0.05, 0) is 13.8 Å². The average Bonchev–Trinajstić information content (AvgIpc) is 2.98. The van der Waals surface area contributed by atoms with E-state index >= 15 is 0 Å². The summed E-state index contributed by atoms with van der Waals surface area (Å²) in [5.41, 5.74) is 0.959. The first-order chi connectivity index (χ1) is 11.9. The maximum atomic E-state index is 12.9. The molecule has 2 amide bonds. The van der Waals surface area contributed by atoms with E-state index in [0.717, 1.165) is 12.1 Å². The second-order valence-electron chi connectivity index (χ2n) is 6.67. The van der Waals surface area contributed by atoms with Crippen LogP contribution in [0.15, 0.2) is 12.4 Å². The molecule has 0 radical (unpaired) electrons. The van der Waals surface area contributed by atoms with Gasteiger partial charge >= 0.3 is 0 Å². The zero-order valence-electron chi connectivity index (χ0n) is 15.6. The van der Waals surface area contributed by atoms with Crippen molar-refractivity contribution < 1.29 is 14.3 Å². The van der Waals surface area contributed by atoms with Crippen molar-refractivity contribution in [1.82, 2.24) is 24.9 Å². The van der Waals surface area contributed by atoms with Crippen LogP contribution in [0.2, 0.25) is 0 Å². The Morgan fingerprint density at radius 1 is 1.52 bits per heavy atom. The van der Waals surface area contributed by atoms with Crippen LogP contribution in [0, 0.1) is 0 Å². The molecule has 1 atom stereocenters. The Balaban J connectivity index is 2.07. The standard InChI is InChI=1S/C17H29N5O3/c1-13(2)22-6-5-18-17(24)15(22)9-16(23)21(7-8-25-4)12-14-10-19-20(3)11-14/h10-11,13,15H,5-9,12H2,1-4H3,(H,18,24)/t15-/m1/s1. The molecule has 0 aromatic carbocycles. The van der Waals surface area contributed by atoms with Crippen LogP contribution < -0.4 is 5.32 Å². The molecule has 8 nitrogen and oxygen atoms in total. The summed E-state index contributed by atoms with van der Waals surface area (Å²) >= 11 is 0. The van der Waals surface area contributed by atoms with Gasteiger partial charge in [0.25, 0.3) is 0 Å². The summed E-state index contributed by atoms with van der Waals surface area (Å²) < 4.78 is 6.84. The van der Waals surface area contributed by atoms with Crippen LogP contribution in [0.5, 0.6) is 0 Å². The van der Waals surface area contributed by atoms with E-state index < -0.39 is 6.04 Å². The van der Waals surface area contributed by atoms with E-state index in [1.165, 1.54) is 0 Å². The molecule has 0 saturated carbocycles. The van der Waals surface area contributed by atoms with Gasteiger partial charge in [-0.15, -0.1) is 0 Å². The third-order valence-corrected chi connectivity index (χ3v) is 4.45.